The maximum atomic E-state index is 6.34. The second kappa shape index (κ2) is 5.32. The molecule has 0 saturated carbocycles. The van der Waals surface area contributed by atoms with Crippen LogP contribution in [0, 0.1) is 0 Å². The predicted octanol–water partition coefficient (Wildman–Crippen LogP) is 2.05. The van der Waals surface area contributed by atoms with E-state index in [-0.39, 0.29) is 24.4 Å². The van der Waals surface area contributed by atoms with Gasteiger partial charge in [-0.25, -0.2) is 0 Å². The molecule has 4 aliphatic rings. The Kier molecular flexibility index (Phi) is 3.52. The second-order valence-corrected chi connectivity index (χ2v) is 6.34. The molecule has 4 rings (SSSR count). The maximum Gasteiger partial charge on any atom is 0.0867 e. The highest BCUT2D eigenvalue weighted by Crippen LogP contribution is 2.37. The predicted molar refractivity (Wildman–Crippen MR) is 69.1 cm³/mol. The van der Waals surface area contributed by atoms with Gasteiger partial charge >= 0.3 is 0 Å². The van der Waals surface area contributed by atoms with Gasteiger partial charge < -0.3 is 18.9 Å². The molecule has 4 saturated heterocycles. The lowest BCUT2D eigenvalue weighted by Gasteiger charge is -2.43. The summed E-state index contributed by atoms with van der Waals surface area (Å²) >= 11 is 0. The molecule has 19 heavy (non-hydrogen) atoms. The molecule has 6 atom stereocenters. The van der Waals surface area contributed by atoms with Crippen molar-refractivity contribution in [1.82, 2.24) is 0 Å². The summed E-state index contributed by atoms with van der Waals surface area (Å²) in [6.45, 7) is 1.78. The average Bonchev–Trinajstić information content (AvgIpc) is 2.63. The summed E-state index contributed by atoms with van der Waals surface area (Å²) in [6.07, 6.45) is 9.36. The highest BCUT2D eigenvalue weighted by atomic mass is 16.6. The molecule has 0 unspecified atom stereocenters. The van der Waals surface area contributed by atoms with Crippen LogP contribution in [0.1, 0.15) is 44.9 Å². The normalized spacial score (nSPS) is 50.5. The van der Waals surface area contributed by atoms with Gasteiger partial charge in [0.25, 0.3) is 0 Å². The molecule has 0 aromatic heterocycles. The molecule has 0 aromatic carbocycles. The Labute approximate surface area is 114 Å². The highest BCUT2D eigenvalue weighted by molar-refractivity contribution is 4.93. The van der Waals surface area contributed by atoms with Gasteiger partial charge in [0.15, 0.2) is 0 Å². The zero-order valence-corrected chi connectivity index (χ0v) is 11.5. The molecule has 108 valence electrons. The van der Waals surface area contributed by atoms with E-state index in [1.165, 1.54) is 0 Å². The molecule has 4 aliphatic heterocycles. The van der Waals surface area contributed by atoms with E-state index in [0.717, 1.165) is 58.2 Å². The monoisotopic (exact) mass is 268 g/mol. The highest BCUT2D eigenvalue weighted by Gasteiger charge is 2.44. The number of fused-ring (bicyclic) bond motifs is 3. The molecule has 4 fully saturated rings. The van der Waals surface area contributed by atoms with Crippen molar-refractivity contribution in [2.75, 3.05) is 13.2 Å². The maximum absolute atomic E-state index is 6.34. The fraction of sp³-hybridized carbons (Fsp3) is 1.00. The van der Waals surface area contributed by atoms with E-state index >= 15 is 0 Å². The summed E-state index contributed by atoms with van der Waals surface area (Å²) in [5.74, 6) is 0. The van der Waals surface area contributed by atoms with E-state index < -0.39 is 0 Å². The molecule has 4 heterocycles. The lowest BCUT2D eigenvalue weighted by atomic mass is 9.92. The minimum Gasteiger partial charge on any atom is -0.376 e. The number of ether oxygens (including phenoxy) is 4. The summed E-state index contributed by atoms with van der Waals surface area (Å²) < 4.78 is 24.4. The largest absolute Gasteiger partial charge is 0.376 e. The van der Waals surface area contributed by atoms with Gasteiger partial charge in [-0.05, 0) is 38.5 Å². The molecule has 4 heteroatoms. The van der Waals surface area contributed by atoms with Gasteiger partial charge in [0.2, 0.25) is 0 Å². The van der Waals surface area contributed by atoms with E-state index in [1.807, 2.05) is 0 Å². The van der Waals surface area contributed by atoms with Gasteiger partial charge in [0, 0.05) is 19.6 Å². The van der Waals surface area contributed by atoms with Crippen molar-refractivity contribution in [1.29, 1.82) is 0 Å². The van der Waals surface area contributed by atoms with E-state index in [9.17, 15) is 0 Å². The zero-order chi connectivity index (χ0) is 12.7. The topological polar surface area (TPSA) is 36.9 Å². The van der Waals surface area contributed by atoms with Crippen molar-refractivity contribution < 1.29 is 18.9 Å². The minimum absolute atomic E-state index is 0.219. The van der Waals surface area contributed by atoms with Gasteiger partial charge in [-0.2, -0.15) is 0 Å². The van der Waals surface area contributed by atoms with Crippen LogP contribution in [-0.2, 0) is 18.9 Å². The average molecular weight is 268 g/mol. The third kappa shape index (κ3) is 2.44. The van der Waals surface area contributed by atoms with Crippen molar-refractivity contribution >= 4 is 0 Å². The molecule has 0 amide bonds. The molecule has 0 aliphatic carbocycles. The number of hydrogen-bond acceptors (Lipinski definition) is 4. The van der Waals surface area contributed by atoms with Crippen LogP contribution in [0.25, 0.3) is 0 Å². The fourth-order valence-electron chi connectivity index (χ4n) is 4.07. The number of hydrogen-bond donors (Lipinski definition) is 0. The van der Waals surface area contributed by atoms with Crippen molar-refractivity contribution in [2.45, 2.75) is 81.6 Å². The van der Waals surface area contributed by atoms with Crippen molar-refractivity contribution in [2.24, 2.45) is 0 Å². The fourth-order valence-corrected chi connectivity index (χ4v) is 4.07. The van der Waals surface area contributed by atoms with Gasteiger partial charge in [0.05, 0.1) is 36.6 Å². The Bertz CT molecular complexity index is 319. The molecule has 0 radical (unpaired) electrons. The lowest BCUT2D eigenvalue weighted by molar-refractivity contribution is -0.224. The quantitative estimate of drug-likeness (QED) is 0.674. The summed E-state index contributed by atoms with van der Waals surface area (Å²) in [4.78, 5) is 0. The van der Waals surface area contributed by atoms with Gasteiger partial charge in [0.1, 0.15) is 0 Å². The van der Waals surface area contributed by atoms with Crippen LogP contribution in [0.4, 0.5) is 0 Å². The third-order valence-electron chi connectivity index (χ3n) is 5.07. The Morgan fingerprint density at radius 2 is 1.11 bits per heavy atom. The van der Waals surface area contributed by atoms with Crippen molar-refractivity contribution in [3.63, 3.8) is 0 Å². The van der Waals surface area contributed by atoms with Crippen molar-refractivity contribution in [3.8, 4) is 0 Å². The van der Waals surface area contributed by atoms with E-state index in [4.69, 9.17) is 18.9 Å². The van der Waals surface area contributed by atoms with E-state index in [0.29, 0.717) is 12.2 Å². The number of rotatable bonds is 0. The molecule has 0 N–H and O–H groups in total. The molecular weight excluding hydrogens is 244 g/mol. The van der Waals surface area contributed by atoms with Gasteiger partial charge in [-0.3, -0.25) is 0 Å². The van der Waals surface area contributed by atoms with Crippen LogP contribution < -0.4 is 0 Å². The van der Waals surface area contributed by atoms with Crippen LogP contribution in [0.5, 0.6) is 0 Å². The van der Waals surface area contributed by atoms with Crippen LogP contribution in [0.2, 0.25) is 0 Å². The smallest absolute Gasteiger partial charge is 0.0867 e. The summed E-state index contributed by atoms with van der Waals surface area (Å²) in [7, 11) is 0. The van der Waals surface area contributed by atoms with Crippen LogP contribution in [-0.4, -0.2) is 49.8 Å². The SMILES string of the molecule is C1CO[C@@H]2CC[C@@H]3O[C@@H]4CCCO[C@H]4C[C@H]3O[C@H]2C1. The van der Waals surface area contributed by atoms with Gasteiger partial charge in [-0.1, -0.05) is 0 Å². The summed E-state index contributed by atoms with van der Waals surface area (Å²) in [5.41, 5.74) is 0. The first kappa shape index (κ1) is 12.6. The lowest BCUT2D eigenvalue weighted by Crippen LogP contribution is -2.51. The first-order valence-electron chi connectivity index (χ1n) is 7.94. The van der Waals surface area contributed by atoms with Crippen LogP contribution >= 0.6 is 0 Å². The Balaban J connectivity index is 1.47. The van der Waals surface area contributed by atoms with Gasteiger partial charge in [-0.15, -0.1) is 0 Å². The first-order chi connectivity index (χ1) is 9.40. The first-order valence-corrected chi connectivity index (χ1v) is 7.94. The molecule has 0 spiro atoms. The molecule has 0 aromatic rings. The Morgan fingerprint density at radius 1 is 0.526 bits per heavy atom. The standard InChI is InChI=1S/C15H24O4/c1-3-11-10(16-7-1)5-6-13-15(19-11)9-14-12(18-13)4-2-8-17-14/h10-15H,1-9H2/t10-,11+,12-,13+,14+,15-/m1/s1. The molecular formula is C15H24O4. The Morgan fingerprint density at radius 3 is 1.95 bits per heavy atom. The Hall–Kier alpha value is -0.160. The van der Waals surface area contributed by atoms with Crippen LogP contribution in [0.3, 0.4) is 0 Å². The second-order valence-electron chi connectivity index (χ2n) is 6.34. The molecule has 0 bridgehead atoms. The minimum atomic E-state index is 0.219. The zero-order valence-electron chi connectivity index (χ0n) is 11.5. The summed E-state index contributed by atoms with van der Waals surface area (Å²) in [6, 6.07) is 0. The summed E-state index contributed by atoms with van der Waals surface area (Å²) in [5, 5.41) is 0. The van der Waals surface area contributed by atoms with E-state index in [2.05, 4.69) is 0 Å². The molecule has 4 nitrogen and oxygen atoms in total. The van der Waals surface area contributed by atoms with E-state index in [1.54, 1.807) is 0 Å². The van der Waals surface area contributed by atoms with Crippen LogP contribution in [0.15, 0.2) is 0 Å². The van der Waals surface area contributed by atoms with Crippen molar-refractivity contribution in [3.05, 3.63) is 0 Å². The third-order valence-corrected chi connectivity index (χ3v) is 5.07.